The van der Waals surface area contributed by atoms with Crippen LogP contribution >= 0.6 is 0 Å². The number of fused-ring (bicyclic) bond motifs is 6. The summed E-state index contributed by atoms with van der Waals surface area (Å²) in [6.07, 6.45) is 0. The van der Waals surface area contributed by atoms with Gasteiger partial charge in [0.15, 0.2) is 0 Å². The predicted octanol–water partition coefficient (Wildman–Crippen LogP) is 17.7. The van der Waals surface area contributed by atoms with Crippen LogP contribution in [0, 0.1) is 0 Å². The van der Waals surface area contributed by atoms with Gasteiger partial charge in [-0.05, 0) is 127 Å². The molecule has 11 aromatic carbocycles. The van der Waals surface area contributed by atoms with Crippen molar-refractivity contribution in [3.05, 3.63) is 249 Å². The van der Waals surface area contributed by atoms with Crippen LogP contribution in [-0.2, 0) is 0 Å². The highest BCUT2D eigenvalue weighted by atomic mass is 16.3. The fourth-order valence-corrected chi connectivity index (χ4v) is 9.52. The van der Waals surface area contributed by atoms with E-state index in [1.807, 2.05) is 0 Å². The van der Waals surface area contributed by atoms with Gasteiger partial charge in [-0.2, -0.15) is 0 Å². The molecule has 0 radical (unpaired) electrons. The Morgan fingerprint density at radius 2 is 0.750 bits per heavy atom. The van der Waals surface area contributed by atoms with E-state index in [0.29, 0.717) is 0 Å². The standard InChI is InChI=1S/C62H41NO/c1-5-17-42(18-6-1)46-29-32-52(33-30-46)63(53-34-31-45-23-13-14-26-48(45)40-53)59-36-35-56-58-41-57(47-24-11-4-12-25-47)54-27-15-16-28-55(54)61(58)64-62(56)60(59)51-38-49(43-19-7-2-8-20-43)37-50(39-51)44-21-9-3-10-22-44/h1-41H. The molecule has 0 saturated heterocycles. The maximum absolute atomic E-state index is 7.42. The fraction of sp³-hybridized carbons (Fsp3) is 0. The van der Waals surface area contributed by atoms with Crippen molar-refractivity contribution in [3.63, 3.8) is 0 Å². The van der Waals surface area contributed by atoms with Crippen molar-refractivity contribution in [2.24, 2.45) is 0 Å². The lowest BCUT2D eigenvalue weighted by Gasteiger charge is -2.29. The van der Waals surface area contributed by atoms with E-state index in [1.54, 1.807) is 0 Å². The first-order chi connectivity index (χ1) is 31.7. The first-order valence-corrected chi connectivity index (χ1v) is 21.9. The number of benzene rings is 11. The minimum absolute atomic E-state index is 0.846. The highest BCUT2D eigenvalue weighted by molar-refractivity contribution is 6.22. The van der Waals surface area contributed by atoms with Gasteiger partial charge in [-0.25, -0.2) is 0 Å². The molecule has 0 spiro atoms. The number of furan rings is 1. The SMILES string of the molecule is c1ccc(-c2ccc(N(c3ccc4ccccc4c3)c3ccc4c(oc5c6ccccc6c(-c6ccccc6)cc45)c3-c3cc(-c4ccccc4)cc(-c4ccccc4)c3)cc2)cc1. The molecule has 12 aromatic rings. The molecule has 0 aliphatic heterocycles. The lowest BCUT2D eigenvalue weighted by atomic mass is 9.91. The molecule has 64 heavy (non-hydrogen) atoms. The van der Waals surface area contributed by atoms with E-state index >= 15 is 0 Å². The van der Waals surface area contributed by atoms with Crippen molar-refractivity contribution in [3.8, 4) is 55.6 Å². The van der Waals surface area contributed by atoms with Gasteiger partial charge in [0.05, 0.1) is 5.69 Å². The second kappa shape index (κ2) is 15.8. The number of nitrogens with zero attached hydrogens (tertiary/aromatic N) is 1. The molecule has 1 aromatic heterocycles. The Morgan fingerprint density at radius 1 is 0.266 bits per heavy atom. The molecule has 0 unspecified atom stereocenters. The van der Waals surface area contributed by atoms with Crippen LogP contribution in [0.2, 0.25) is 0 Å². The van der Waals surface area contributed by atoms with E-state index in [1.165, 1.54) is 33.0 Å². The van der Waals surface area contributed by atoms with E-state index in [-0.39, 0.29) is 0 Å². The fourth-order valence-electron chi connectivity index (χ4n) is 9.52. The van der Waals surface area contributed by atoms with Crippen LogP contribution in [0.5, 0.6) is 0 Å². The molecular weight excluding hydrogens is 775 g/mol. The molecular formula is C62H41NO. The summed E-state index contributed by atoms with van der Waals surface area (Å²) in [6.45, 7) is 0. The van der Waals surface area contributed by atoms with Crippen molar-refractivity contribution in [2.45, 2.75) is 0 Å². The third kappa shape index (κ3) is 6.61. The quantitative estimate of drug-likeness (QED) is 0.152. The number of anilines is 3. The van der Waals surface area contributed by atoms with Crippen LogP contribution in [0.25, 0.3) is 99.1 Å². The Morgan fingerprint density at radius 3 is 1.39 bits per heavy atom. The predicted molar refractivity (Wildman–Crippen MR) is 271 cm³/mol. The second-order valence-electron chi connectivity index (χ2n) is 16.5. The van der Waals surface area contributed by atoms with Crippen LogP contribution in [0.1, 0.15) is 0 Å². The summed E-state index contributed by atoms with van der Waals surface area (Å²) in [5, 5.41) is 6.79. The first-order valence-electron chi connectivity index (χ1n) is 21.9. The summed E-state index contributed by atoms with van der Waals surface area (Å²) in [5.74, 6) is 0. The maximum atomic E-state index is 7.42. The summed E-state index contributed by atoms with van der Waals surface area (Å²) in [7, 11) is 0. The zero-order chi connectivity index (χ0) is 42.4. The summed E-state index contributed by atoms with van der Waals surface area (Å²) in [4.78, 5) is 2.41. The molecule has 0 N–H and O–H groups in total. The smallest absolute Gasteiger partial charge is 0.145 e. The maximum Gasteiger partial charge on any atom is 0.145 e. The molecule has 0 amide bonds. The second-order valence-corrected chi connectivity index (χ2v) is 16.5. The molecule has 2 heteroatoms. The number of hydrogen-bond acceptors (Lipinski definition) is 2. The van der Waals surface area contributed by atoms with E-state index in [9.17, 15) is 0 Å². The van der Waals surface area contributed by atoms with Gasteiger partial charge in [-0.1, -0.05) is 188 Å². The van der Waals surface area contributed by atoms with Crippen molar-refractivity contribution in [2.75, 3.05) is 4.90 Å². The van der Waals surface area contributed by atoms with E-state index in [2.05, 4.69) is 254 Å². The van der Waals surface area contributed by atoms with Crippen LogP contribution in [0.3, 0.4) is 0 Å². The Labute approximate surface area is 372 Å². The zero-order valence-electron chi connectivity index (χ0n) is 35.0. The molecule has 300 valence electrons. The minimum atomic E-state index is 0.846. The summed E-state index contributed by atoms with van der Waals surface area (Å²) >= 11 is 0. The van der Waals surface area contributed by atoms with Gasteiger partial charge in [-0.3, -0.25) is 0 Å². The summed E-state index contributed by atoms with van der Waals surface area (Å²) in [5.41, 5.74) is 16.2. The van der Waals surface area contributed by atoms with Gasteiger partial charge in [-0.15, -0.1) is 0 Å². The van der Waals surface area contributed by atoms with Crippen LogP contribution < -0.4 is 4.90 Å². The zero-order valence-corrected chi connectivity index (χ0v) is 35.0. The highest BCUT2D eigenvalue weighted by Crippen LogP contribution is 2.50. The van der Waals surface area contributed by atoms with Gasteiger partial charge in [0.2, 0.25) is 0 Å². The molecule has 0 aliphatic carbocycles. The summed E-state index contributed by atoms with van der Waals surface area (Å²) in [6, 6.07) is 89.6. The molecule has 1 heterocycles. The number of rotatable bonds is 8. The monoisotopic (exact) mass is 815 g/mol. The number of hydrogen-bond donors (Lipinski definition) is 0. The molecule has 12 rings (SSSR count). The van der Waals surface area contributed by atoms with Gasteiger partial charge >= 0.3 is 0 Å². The molecule has 0 saturated carbocycles. The molecule has 2 nitrogen and oxygen atoms in total. The lowest BCUT2D eigenvalue weighted by molar-refractivity contribution is 0.674. The summed E-state index contributed by atoms with van der Waals surface area (Å²) < 4.78 is 7.42. The van der Waals surface area contributed by atoms with Crippen LogP contribution in [-0.4, -0.2) is 0 Å². The molecule has 0 fully saturated rings. The largest absolute Gasteiger partial charge is 0.455 e. The first kappa shape index (κ1) is 37.3. The van der Waals surface area contributed by atoms with Gasteiger partial charge < -0.3 is 9.32 Å². The van der Waals surface area contributed by atoms with Gasteiger partial charge in [0.25, 0.3) is 0 Å². The lowest BCUT2D eigenvalue weighted by Crippen LogP contribution is -2.11. The van der Waals surface area contributed by atoms with Gasteiger partial charge in [0, 0.05) is 33.1 Å². The third-order valence-corrected chi connectivity index (χ3v) is 12.6. The average molecular weight is 816 g/mol. The average Bonchev–Trinajstić information content (AvgIpc) is 3.76. The van der Waals surface area contributed by atoms with Gasteiger partial charge in [0.1, 0.15) is 11.2 Å². The van der Waals surface area contributed by atoms with Crippen molar-refractivity contribution in [1.29, 1.82) is 0 Å². The normalized spacial score (nSPS) is 11.4. The topological polar surface area (TPSA) is 16.4 Å². The molecule has 0 bridgehead atoms. The van der Waals surface area contributed by atoms with E-state index in [0.717, 1.165) is 83.2 Å². The highest BCUT2D eigenvalue weighted by Gasteiger charge is 2.25. The van der Waals surface area contributed by atoms with E-state index in [4.69, 9.17) is 4.42 Å². The molecule has 0 aliphatic rings. The van der Waals surface area contributed by atoms with E-state index < -0.39 is 0 Å². The Balaban J connectivity index is 1.19. The Hall–Kier alpha value is -8.46. The van der Waals surface area contributed by atoms with Crippen molar-refractivity contribution >= 4 is 60.5 Å². The Kier molecular flexibility index (Phi) is 9.20. The third-order valence-electron chi connectivity index (χ3n) is 12.6. The van der Waals surface area contributed by atoms with Crippen LogP contribution in [0.4, 0.5) is 17.1 Å². The minimum Gasteiger partial charge on any atom is -0.455 e. The van der Waals surface area contributed by atoms with Crippen molar-refractivity contribution in [1.82, 2.24) is 0 Å². The Bertz CT molecular complexity index is 3570. The van der Waals surface area contributed by atoms with Crippen LogP contribution in [0.15, 0.2) is 253 Å². The molecule has 0 atom stereocenters. The van der Waals surface area contributed by atoms with Crippen molar-refractivity contribution < 1.29 is 4.42 Å².